The number of anilines is 1. The third kappa shape index (κ3) is 7.87. The molecular weight excluding hydrogens is 507 g/mol. The molecule has 1 heterocycles. The standard InChI is InChI=1S/C32H41FN4O3/c1-3-4-20-36(32(39)34-29-14-8-9-15-30(29)40-2)24-31(38)37(27-11-6-5-7-12-27)23-28-13-10-21-35(28)22-25-16-18-26(33)19-17-25/h8-10,13-19,21,27H,3-7,11-12,20,22-24H2,1-2H3,(H,34,39). The van der Waals surface area contributed by atoms with E-state index >= 15 is 0 Å². The molecule has 0 bridgehead atoms. The van der Waals surface area contributed by atoms with Crippen LogP contribution in [0.5, 0.6) is 5.75 Å². The molecule has 2 aromatic carbocycles. The van der Waals surface area contributed by atoms with Crippen molar-refractivity contribution in [2.45, 2.75) is 71.0 Å². The molecule has 1 saturated carbocycles. The topological polar surface area (TPSA) is 66.8 Å². The molecule has 1 aliphatic rings. The smallest absolute Gasteiger partial charge is 0.322 e. The number of carbonyl (C=O) groups is 2. The highest BCUT2D eigenvalue weighted by atomic mass is 19.1. The van der Waals surface area contributed by atoms with Crippen molar-refractivity contribution in [3.8, 4) is 5.75 Å². The van der Waals surface area contributed by atoms with Crippen LogP contribution in [0.15, 0.2) is 66.9 Å². The number of aromatic nitrogens is 1. The maximum Gasteiger partial charge on any atom is 0.322 e. The van der Waals surface area contributed by atoms with Crippen LogP contribution in [0.4, 0.5) is 14.9 Å². The zero-order valence-corrected chi connectivity index (χ0v) is 23.7. The molecule has 0 spiro atoms. The number of rotatable bonds is 12. The number of urea groups is 1. The van der Waals surface area contributed by atoms with Crippen molar-refractivity contribution >= 4 is 17.6 Å². The van der Waals surface area contributed by atoms with Gasteiger partial charge in [-0.15, -0.1) is 0 Å². The van der Waals surface area contributed by atoms with Crippen LogP contribution < -0.4 is 10.1 Å². The van der Waals surface area contributed by atoms with Gasteiger partial charge in [-0.2, -0.15) is 0 Å². The second-order valence-corrected chi connectivity index (χ2v) is 10.5. The Balaban J connectivity index is 1.52. The zero-order chi connectivity index (χ0) is 28.3. The van der Waals surface area contributed by atoms with E-state index in [-0.39, 0.29) is 30.3 Å². The van der Waals surface area contributed by atoms with Crippen LogP contribution in [0, 0.1) is 5.82 Å². The van der Waals surface area contributed by atoms with Gasteiger partial charge >= 0.3 is 6.03 Å². The van der Waals surface area contributed by atoms with Gasteiger partial charge in [0.15, 0.2) is 0 Å². The third-order valence-corrected chi connectivity index (χ3v) is 7.60. The Labute approximate surface area is 236 Å². The summed E-state index contributed by atoms with van der Waals surface area (Å²) in [6.07, 6.45) is 9.02. The minimum Gasteiger partial charge on any atom is -0.495 e. The summed E-state index contributed by atoms with van der Waals surface area (Å²) in [6.45, 7) is 3.63. The van der Waals surface area contributed by atoms with Crippen LogP contribution in [0.2, 0.25) is 0 Å². The Morgan fingerprint density at radius 1 is 1.02 bits per heavy atom. The first-order valence-electron chi connectivity index (χ1n) is 14.4. The van der Waals surface area contributed by atoms with E-state index in [1.54, 1.807) is 36.3 Å². The van der Waals surface area contributed by atoms with Gasteiger partial charge in [-0.25, -0.2) is 9.18 Å². The summed E-state index contributed by atoms with van der Waals surface area (Å²) < 4.78 is 20.9. The van der Waals surface area contributed by atoms with Crippen molar-refractivity contribution in [3.05, 3.63) is 83.9 Å². The van der Waals surface area contributed by atoms with E-state index in [1.165, 1.54) is 18.6 Å². The number of hydrogen-bond acceptors (Lipinski definition) is 3. The van der Waals surface area contributed by atoms with Crippen molar-refractivity contribution in [2.24, 2.45) is 0 Å². The van der Waals surface area contributed by atoms with Crippen molar-refractivity contribution in [1.29, 1.82) is 0 Å². The molecule has 1 aliphatic carbocycles. The van der Waals surface area contributed by atoms with Crippen LogP contribution in [-0.4, -0.2) is 52.5 Å². The number of amides is 3. The summed E-state index contributed by atoms with van der Waals surface area (Å²) in [5, 5.41) is 2.94. The fraction of sp³-hybridized carbons (Fsp3) is 0.438. The van der Waals surface area contributed by atoms with Crippen molar-refractivity contribution < 1.29 is 18.7 Å². The lowest BCUT2D eigenvalue weighted by Crippen LogP contribution is -2.48. The first kappa shape index (κ1) is 29.2. The Hall–Kier alpha value is -3.81. The van der Waals surface area contributed by atoms with E-state index < -0.39 is 0 Å². The molecule has 0 radical (unpaired) electrons. The van der Waals surface area contributed by atoms with Crippen LogP contribution in [0.1, 0.15) is 63.1 Å². The van der Waals surface area contributed by atoms with E-state index in [9.17, 15) is 14.0 Å². The number of methoxy groups -OCH3 is 1. The second-order valence-electron chi connectivity index (χ2n) is 10.5. The highest BCUT2D eigenvalue weighted by Gasteiger charge is 2.29. The summed E-state index contributed by atoms with van der Waals surface area (Å²) in [4.78, 5) is 30.9. The normalized spacial score (nSPS) is 13.6. The lowest BCUT2D eigenvalue weighted by Gasteiger charge is -2.36. The monoisotopic (exact) mass is 548 g/mol. The SMILES string of the molecule is CCCCN(CC(=O)N(Cc1cccn1Cc1ccc(F)cc1)C1CCCCC1)C(=O)Nc1ccccc1OC. The van der Waals surface area contributed by atoms with Crippen molar-refractivity contribution in [2.75, 3.05) is 25.5 Å². The molecule has 1 aromatic heterocycles. The van der Waals surface area contributed by atoms with Gasteiger partial charge in [0, 0.05) is 31.0 Å². The number of carbonyl (C=O) groups excluding carboxylic acids is 2. The molecule has 8 heteroatoms. The van der Waals surface area contributed by atoms with Crippen LogP contribution in [0.3, 0.4) is 0 Å². The summed E-state index contributed by atoms with van der Waals surface area (Å²) >= 11 is 0. The largest absolute Gasteiger partial charge is 0.495 e. The van der Waals surface area contributed by atoms with Gasteiger partial charge in [-0.1, -0.05) is 56.9 Å². The minimum absolute atomic E-state index is 0.0101. The maximum absolute atomic E-state index is 14.0. The minimum atomic E-state index is -0.311. The number of ether oxygens (including phenoxy) is 1. The van der Waals surface area contributed by atoms with Gasteiger partial charge in [0.25, 0.3) is 0 Å². The van der Waals surface area contributed by atoms with Gasteiger partial charge in [0.1, 0.15) is 18.1 Å². The number of nitrogens with zero attached hydrogens (tertiary/aromatic N) is 3. The van der Waals surface area contributed by atoms with Gasteiger partial charge in [0.2, 0.25) is 5.91 Å². The Morgan fingerprint density at radius 2 is 1.77 bits per heavy atom. The average Bonchev–Trinajstić information content (AvgIpc) is 3.42. The molecule has 0 saturated heterocycles. The maximum atomic E-state index is 14.0. The quantitative estimate of drug-likeness (QED) is 0.275. The van der Waals surface area contributed by atoms with Gasteiger partial charge in [0.05, 0.1) is 19.3 Å². The Morgan fingerprint density at radius 3 is 2.50 bits per heavy atom. The highest BCUT2D eigenvalue weighted by molar-refractivity contribution is 5.93. The second kappa shape index (κ2) is 14.5. The molecule has 0 aliphatic heterocycles. The lowest BCUT2D eigenvalue weighted by molar-refractivity contribution is -0.135. The first-order chi connectivity index (χ1) is 19.5. The molecule has 1 fully saturated rings. The van der Waals surface area contributed by atoms with Crippen molar-refractivity contribution in [1.82, 2.24) is 14.4 Å². The predicted molar refractivity (Wildman–Crippen MR) is 156 cm³/mol. The highest BCUT2D eigenvalue weighted by Crippen LogP contribution is 2.26. The Bertz CT molecular complexity index is 1240. The number of benzene rings is 2. The Kier molecular flexibility index (Phi) is 10.6. The molecule has 0 atom stereocenters. The van der Waals surface area contributed by atoms with E-state index in [4.69, 9.17) is 4.74 Å². The summed E-state index contributed by atoms with van der Waals surface area (Å²) in [5.41, 5.74) is 2.58. The molecule has 7 nitrogen and oxygen atoms in total. The third-order valence-electron chi connectivity index (χ3n) is 7.60. The van der Waals surface area contributed by atoms with Crippen molar-refractivity contribution in [3.63, 3.8) is 0 Å². The summed E-state index contributed by atoms with van der Waals surface area (Å²) in [7, 11) is 1.57. The number of unbranched alkanes of at least 4 members (excludes halogenated alkanes) is 1. The molecule has 1 N–H and O–H groups in total. The molecule has 3 amide bonds. The molecule has 3 aromatic rings. The zero-order valence-electron chi connectivity index (χ0n) is 23.7. The fourth-order valence-corrected chi connectivity index (χ4v) is 5.32. The number of halogens is 1. The summed E-state index contributed by atoms with van der Waals surface area (Å²) in [6, 6.07) is 17.6. The molecule has 0 unspecified atom stereocenters. The van der Waals surface area contributed by atoms with Crippen LogP contribution >= 0.6 is 0 Å². The van der Waals surface area contributed by atoms with Gasteiger partial charge in [-0.3, -0.25) is 4.79 Å². The van der Waals surface area contributed by atoms with E-state index in [0.29, 0.717) is 31.1 Å². The summed E-state index contributed by atoms with van der Waals surface area (Å²) in [5.74, 6) is 0.268. The van der Waals surface area contributed by atoms with E-state index in [1.807, 2.05) is 35.4 Å². The van der Waals surface area contributed by atoms with E-state index in [0.717, 1.165) is 49.8 Å². The molecule has 4 rings (SSSR count). The fourth-order valence-electron chi connectivity index (χ4n) is 5.32. The van der Waals surface area contributed by atoms with Crippen LogP contribution in [0.25, 0.3) is 0 Å². The predicted octanol–water partition coefficient (Wildman–Crippen LogP) is 6.68. The lowest BCUT2D eigenvalue weighted by atomic mass is 9.94. The number of hydrogen-bond donors (Lipinski definition) is 1. The first-order valence-corrected chi connectivity index (χ1v) is 14.4. The molecule has 214 valence electrons. The number of nitrogens with one attached hydrogen (secondary N) is 1. The number of para-hydroxylation sites is 2. The van der Waals surface area contributed by atoms with E-state index in [2.05, 4.69) is 16.8 Å². The molecule has 40 heavy (non-hydrogen) atoms. The van der Waals surface area contributed by atoms with Crippen LogP contribution in [-0.2, 0) is 17.9 Å². The average molecular weight is 549 g/mol. The molecular formula is C32H41FN4O3. The van der Waals surface area contributed by atoms with Gasteiger partial charge in [-0.05, 0) is 61.2 Å². The van der Waals surface area contributed by atoms with Gasteiger partial charge < -0.3 is 24.4 Å².